The van der Waals surface area contributed by atoms with E-state index in [2.05, 4.69) is 15.7 Å². The lowest BCUT2D eigenvalue weighted by molar-refractivity contribution is -0.122. The van der Waals surface area contributed by atoms with E-state index < -0.39 is 5.69 Å². The summed E-state index contributed by atoms with van der Waals surface area (Å²) < 4.78 is 3.74. The molecule has 2 amide bonds. The molecule has 0 aliphatic carbocycles. The minimum absolute atomic E-state index is 0.0863. The number of hydrogen-bond acceptors (Lipinski definition) is 5. The fourth-order valence-corrected chi connectivity index (χ4v) is 3.49. The van der Waals surface area contributed by atoms with E-state index in [1.807, 2.05) is 41.5 Å². The van der Waals surface area contributed by atoms with Gasteiger partial charge in [0.25, 0.3) is 11.5 Å². The van der Waals surface area contributed by atoms with Crippen molar-refractivity contribution in [2.45, 2.75) is 60.2 Å². The first kappa shape index (κ1) is 23.2. The fourth-order valence-electron chi connectivity index (χ4n) is 3.49. The van der Waals surface area contributed by atoms with Crippen LogP contribution in [-0.2, 0) is 11.3 Å². The lowest BCUT2D eigenvalue weighted by Gasteiger charge is -2.13. The van der Waals surface area contributed by atoms with Gasteiger partial charge in [-0.05, 0) is 51.8 Å². The van der Waals surface area contributed by atoms with Crippen molar-refractivity contribution in [1.29, 1.82) is 0 Å². The number of fused-ring (bicyclic) bond motifs is 3. The van der Waals surface area contributed by atoms with E-state index in [0.717, 1.165) is 4.68 Å². The smallest absolute Gasteiger partial charge is 0.352 e. The zero-order valence-corrected chi connectivity index (χ0v) is 19.3. The van der Waals surface area contributed by atoms with Gasteiger partial charge in [0.15, 0.2) is 0 Å². The number of carbonyl (C=O) groups is 2. The van der Waals surface area contributed by atoms with Gasteiger partial charge in [0.1, 0.15) is 6.54 Å². The molecular weight excluding hydrogens is 412 g/mol. The van der Waals surface area contributed by atoms with Crippen molar-refractivity contribution in [2.75, 3.05) is 6.54 Å². The Morgan fingerprint density at radius 3 is 2.34 bits per heavy atom. The van der Waals surface area contributed by atoms with E-state index in [9.17, 15) is 19.2 Å². The molecule has 0 aliphatic heterocycles. The quantitative estimate of drug-likeness (QED) is 0.572. The summed E-state index contributed by atoms with van der Waals surface area (Å²) in [5, 5.41) is 10.1. The van der Waals surface area contributed by atoms with Gasteiger partial charge in [-0.25, -0.2) is 13.9 Å². The summed E-state index contributed by atoms with van der Waals surface area (Å²) in [4.78, 5) is 51.2. The zero-order valence-electron chi connectivity index (χ0n) is 19.3. The summed E-state index contributed by atoms with van der Waals surface area (Å²) in [6, 6.07) is 4.28. The molecule has 0 atom stereocenters. The molecule has 1 aromatic carbocycles. The monoisotopic (exact) mass is 442 g/mol. The van der Waals surface area contributed by atoms with E-state index in [0.29, 0.717) is 17.5 Å². The molecule has 0 spiro atoms. The maximum atomic E-state index is 13.2. The first-order valence-electron chi connectivity index (χ1n) is 10.8. The number of hydrogen-bond donors (Lipinski definition) is 2. The second kappa shape index (κ2) is 8.97. The van der Waals surface area contributed by atoms with Crippen molar-refractivity contribution >= 4 is 28.5 Å². The average molecular weight is 443 g/mol. The predicted octanol–water partition coefficient (Wildman–Crippen LogP) is 1.30. The third kappa shape index (κ3) is 4.44. The van der Waals surface area contributed by atoms with Crippen molar-refractivity contribution in [1.82, 2.24) is 29.4 Å². The summed E-state index contributed by atoms with van der Waals surface area (Å²) in [7, 11) is 0. The second-order valence-corrected chi connectivity index (χ2v) is 8.90. The summed E-state index contributed by atoms with van der Waals surface area (Å²) in [6.07, 6.45) is 0. The van der Waals surface area contributed by atoms with Crippen LogP contribution in [0.4, 0.5) is 0 Å². The number of amides is 2. The van der Waals surface area contributed by atoms with Crippen LogP contribution < -0.4 is 21.9 Å². The lowest BCUT2D eigenvalue weighted by Crippen LogP contribution is -2.36. The highest BCUT2D eigenvalue weighted by Crippen LogP contribution is 2.16. The number of nitrogens with one attached hydrogen (secondary N) is 2. The molecule has 2 N–H and O–H groups in total. The van der Waals surface area contributed by atoms with Crippen LogP contribution in [0, 0.1) is 5.92 Å². The van der Waals surface area contributed by atoms with Crippen LogP contribution in [0.5, 0.6) is 0 Å². The Morgan fingerprint density at radius 1 is 1.06 bits per heavy atom. The van der Waals surface area contributed by atoms with Crippen LogP contribution in [-0.4, -0.2) is 43.1 Å². The van der Waals surface area contributed by atoms with Gasteiger partial charge < -0.3 is 10.6 Å². The van der Waals surface area contributed by atoms with Crippen LogP contribution >= 0.6 is 0 Å². The minimum Gasteiger partial charge on any atom is -0.352 e. The van der Waals surface area contributed by atoms with Gasteiger partial charge >= 0.3 is 5.69 Å². The van der Waals surface area contributed by atoms with Crippen LogP contribution in [0.3, 0.4) is 0 Å². The van der Waals surface area contributed by atoms with Crippen LogP contribution in [0.1, 0.15) is 57.9 Å². The van der Waals surface area contributed by atoms with Crippen molar-refractivity contribution in [3.63, 3.8) is 0 Å². The highest BCUT2D eigenvalue weighted by atomic mass is 16.2. The molecule has 3 aromatic rings. The molecule has 0 bridgehead atoms. The molecule has 0 saturated carbocycles. The maximum Gasteiger partial charge on any atom is 0.352 e. The average Bonchev–Trinajstić information content (AvgIpc) is 3.00. The van der Waals surface area contributed by atoms with E-state index >= 15 is 0 Å². The van der Waals surface area contributed by atoms with Crippen LogP contribution in [0.2, 0.25) is 0 Å². The molecule has 0 unspecified atom stereocenters. The first-order valence-corrected chi connectivity index (χ1v) is 10.8. The van der Waals surface area contributed by atoms with E-state index in [4.69, 9.17) is 0 Å². The topological polar surface area (TPSA) is 120 Å². The Hall–Kier alpha value is -3.43. The number of rotatable bonds is 7. The maximum absolute atomic E-state index is 13.2. The highest BCUT2D eigenvalue weighted by molar-refractivity contribution is 5.98. The molecule has 32 heavy (non-hydrogen) atoms. The summed E-state index contributed by atoms with van der Waals surface area (Å²) in [5.41, 5.74) is -0.267. The molecule has 0 aliphatic rings. The fraction of sp³-hybridized carbons (Fsp3) is 0.500. The van der Waals surface area contributed by atoms with Crippen molar-refractivity contribution < 1.29 is 9.59 Å². The summed E-state index contributed by atoms with van der Waals surface area (Å²) in [5.74, 6) is -0.248. The standard InChI is InChI=1S/C22H30N6O4/c1-12(2)10-23-19(30)15-7-8-16-17(9-15)28-21(27(14(5)6)20(16)31)25-26(22(28)32)11-18(29)24-13(3)4/h7-9,12-14H,10-11H2,1-6H3,(H,23,30)(H,24,29). The van der Waals surface area contributed by atoms with Gasteiger partial charge in [-0.1, -0.05) is 13.8 Å². The SMILES string of the molecule is CC(C)CNC(=O)c1ccc2c(=O)n(C(C)C)c3nn(CC(=O)NC(C)C)c(=O)n3c2c1. The predicted molar refractivity (Wildman–Crippen MR) is 122 cm³/mol. The third-order valence-corrected chi connectivity index (χ3v) is 4.92. The molecule has 0 saturated heterocycles. The summed E-state index contributed by atoms with van der Waals surface area (Å²) >= 11 is 0. The molecule has 10 nitrogen and oxygen atoms in total. The zero-order chi connectivity index (χ0) is 23.7. The number of carbonyl (C=O) groups excluding carboxylic acids is 2. The normalized spacial score (nSPS) is 11.8. The van der Waals surface area contributed by atoms with Crippen molar-refractivity contribution in [3.8, 4) is 0 Å². The minimum atomic E-state index is -0.557. The van der Waals surface area contributed by atoms with E-state index in [1.165, 1.54) is 15.0 Å². The van der Waals surface area contributed by atoms with Gasteiger partial charge in [0.05, 0.1) is 10.9 Å². The molecule has 3 rings (SSSR count). The Labute approximate surface area is 185 Å². The number of aromatic nitrogens is 4. The molecule has 10 heteroatoms. The van der Waals surface area contributed by atoms with Crippen molar-refractivity contribution in [3.05, 3.63) is 44.6 Å². The Morgan fingerprint density at radius 2 is 1.75 bits per heavy atom. The number of benzene rings is 1. The second-order valence-electron chi connectivity index (χ2n) is 8.90. The highest BCUT2D eigenvalue weighted by Gasteiger charge is 2.21. The van der Waals surface area contributed by atoms with Gasteiger partial charge in [0, 0.05) is 24.2 Å². The Balaban J connectivity index is 2.24. The summed E-state index contributed by atoms with van der Waals surface area (Å²) in [6.45, 7) is 11.5. The molecule has 2 aromatic heterocycles. The first-order chi connectivity index (χ1) is 15.0. The van der Waals surface area contributed by atoms with E-state index in [-0.39, 0.29) is 53.2 Å². The van der Waals surface area contributed by atoms with Crippen LogP contribution in [0.15, 0.2) is 27.8 Å². The molecule has 2 heterocycles. The molecule has 0 radical (unpaired) electrons. The largest absolute Gasteiger partial charge is 0.352 e. The molecule has 0 fully saturated rings. The van der Waals surface area contributed by atoms with Gasteiger partial charge in [-0.15, -0.1) is 5.10 Å². The van der Waals surface area contributed by atoms with Gasteiger partial charge in [-0.2, -0.15) is 0 Å². The third-order valence-electron chi connectivity index (χ3n) is 4.92. The Kier molecular flexibility index (Phi) is 6.52. The number of nitrogens with zero attached hydrogens (tertiary/aromatic N) is 4. The van der Waals surface area contributed by atoms with Gasteiger partial charge in [-0.3, -0.25) is 19.0 Å². The molecule has 172 valence electrons. The van der Waals surface area contributed by atoms with E-state index in [1.54, 1.807) is 12.1 Å². The Bertz CT molecular complexity index is 1300. The van der Waals surface area contributed by atoms with Crippen LogP contribution in [0.25, 0.3) is 16.7 Å². The van der Waals surface area contributed by atoms with Crippen molar-refractivity contribution in [2.24, 2.45) is 5.92 Å². The van der Waals surface area contributed by atoms with Gasteiger partial charge in [0.2, 0.25) is 11.7 Å². The lowest BCUT2D eigenvalue weighted by atomic mass is 10.1. The molecular formula is C22H30N6O4.